The predicted octanol–water partition coefficient (Wildman–Crippen LogP) is 12.8. The van der Waals surface area contributed by atoms with Gasteiger partial charge in [-0.2, -0.15) is 0 Å². The second kappa shape index (κ2) is 19.8. The molecule has 63 heavy (non-hydrogen) atoms. The van der Waals surface area contributed by atoms with E-state index in [9.17, 15) is 0 Å². The number of anilines is 6. The van der Waals surface area contributed by atoms with Crippen LogP contribution < -0.4 is 29.4 Å². The molecule has 6 aromatic carbocycles. The lowest BCUT2D eigenvalue weighted by Crippen LogP contribution is -2.09. The number of benzene rings is 6. The molecule has 1 aliphatic heterocycles. The van der Waals surface area contributed by atoms with Crippen LogP contribution in [0.3, 0.4) is 0 Å². The summed E-state index contributed by atoms with van der Waals surface area (Å²) >= 11 is 1.90. The van der Waals surface area contributed by atoms with E-state index >= 15 is 0 Å². The quantitative estimate of drug-likeness (QED) is 0.111. The Morgan fingerprint density at radius 3 is 0.683 bits per heavy atom. The Hall–Kier alpha value is -5.61. The van der Waals surface area contributed by atoms with E-state index < -0.39 is 0 Å². The van der Waals surface area contributed by atoms with Crippen LogP contribution in [0.1, 0.15) is 33.4 Å². The molecule has 0 aromatic heterocycles. The Morgan fingerprint density at radius 1 is 0.254 bits per heavy atom. The maximum atomic E-state index is 2.30. The van der Waals surface area contributed by atoms with Gasteiger partial charge in [-0.1, -0.05) is 95.4 Å². The van der Waals surface area contributed by atoms with Crippen LogP contribution >= 0.6 is 33.3 Å². The van der Waals surface area contributed by atoms with Gasteiger partial charge in [-0.25, -0.2) is 0 Å². The Bertz CT molecular complexity index is 2430. The highest BCUT2D eigenvalue weighted by molar-refractivity contribution is 8.82. The van der Waals surface area contributed by atoms with E-state index in [4.69, 9.17) is 0 Å². The zero-order valence-corrected chi connectivity index (χ0v) is 41.2. The summed E-state index contributed by atoms with van der Waals surface area (Å²) in [7, 11) is 28.9. The van der Waals surface area contributed by atoms with Gasteiger partial charge in [0.15, 0.2) is 0 Å². The largest absolute Gasteiger partial charge is 0.378 e. The van der Waals surface area contributed by atoms with Crippen molar-refractivity contribution < 1.29 is 0 Å². The van der Waals surface area contributed by atoms with Crippen molar-refractivity contribution in [3.05, 3.63) is 193 Å². The summed E-state index contributed by atoms with van der Waals surface area (Å²) in [5, 5.41) is 0. The van der Waals surface area contributed by atoms with E-state index in [1.54, 1.807) is 0 Å². The van der Waals surface area contributed by atoms with E-state index in [-0.39, 0.29) is 0 Å². The lowest BCUT2D eigenvalue weighted by atomic mass is 9.93. The number of thioether (sulfide) groups is 1. The summed E-state index contributed by atoms with van der Waals surface area (Å²) < 4.78 is 1.24. The predicted molar refractivity (Wildman–Crippen MR) is 285 cm³/mol. The molecule has 324 valence electrons. The molecule has 0 N–H and O–H groups in total. The molecule has 0 amide bonds. The molecule has 0 aliphatic carbocycles. The molecule has 1 saturated heterocycles. The molecule has 0 bridgehead atoms. The monoisotopic (exact) mass is 888 g/mol. The van der Waals surface area contributed by atoms with Crippen molar-refractivity contribution in [2.75, 3.05) is 114 Å². The first-order chi connectivity index (χ1) is 30.2. The van der Waals surface area contributed by atoms with E-state index in [0.29, 0.717) is 0 Å². The van der Waals surface area contributed by atoms with Gasteiger partial charge in [-0.05, 0) is 117 Å². The Morgan fingerprint density at radius 2 is 0.460 bits per heavy atom. The average molecular weight is 889 g/mol. The third-order valence-electron chi connectivity index (χ3n) is 11.3. The van der Waals surface area contributed by atoms with Crippen LogP contribution in [0, 0.1) is 0 Å². The van der Waals surface area contributed by atoms with Crippen LogP contribution in [-0.2, 0) is 0 Å². The number of nitrogens with zero attached hydrogens (tertiary/aromatic N) is 6. The van der Waals surface area contributed by atoms with Crippen molar-refractivity contribution >= 4 is 84.2 Å². The minimum absolute atomic E-state index is 1.16. The lowest BCUT2D eigenvalue weighted by Gasteiger charge is -2.29. The second-order valence-electron chi connectivity index (χ2n) is 17.0. The van der Waals surface area contributed by atoms with Crippen molar-refractivity contribution in [1.82, 2.24) is 0 Å². The highest BCUT2D eigenvalue weighted by atomic mass is 33.1. The molecule has 0 atom stereocenters. The molecule has 9 heteroatoms. The van der Waals surface area contributed by atoms with Gasteiger partial charge in [0.2, 0.25) is 0 Å². The van der Waals surface area contributed by atoms with Crippen molar-refractivity contribution in [2.24, 2.45) is 0 Å². The summed E-state index contributed by atoms with van der Waals surface area (Å²) in [4.78, 5) is 15.4. The van der Waals surface area contributed by atoms with Crippen LogP contribution in [-0.4, -0.2) is 84.6 Å². The Balaban J connectivity index is 1.59. The first-order valence-corrected chi connectivity index (χ1v) is 24.1. The van der Waals surface area contributed by atoms with Crippen LogP contribution in [0.4, 0.5) is 34.1 Å². The van der Waals surface area contributed by atoms with Gasteiger partial charge < -0.3 is 29.4 Å². The molecule has 1 fully saturated rings. The van der Waals surface area contributed by atoms with Crippen molar-refractivity contribution in [2.45, 2.75) is 0 Å². The first-order valence-electron chi connectivity index (χ1n) is 21.1. The summed E-state index contributed by atoms with van der Waals surface area (Å²) in [6.07, 6.45) is 0. The zero-order chi connectivity index (χ0) is 44.9. The zero-order valence-electron chi connectivity index (χ0n) is 38.8. The molecule has 0 radical (unpaired) electrons. The lowest BCUT2D eigenvalue weighted by molar-refractivity contribution is 1.13. The van der Waals surface area contributed by atoms with E-state index in [1.165, 1.54) is 86.9 Å². The van der Waals surface area contributed by atoms with Gasteiger partial charge in [-0.15, -0.1) is 0 Å². The van der Waals surface area contributed by atoms with Crippen LogP contribution in [0.2, 0.25) is 0 Å². The summed E-state index contributed by atoms with van der Waals surface area (Å²) in [5.74, 6) is 0. The SMILES string of the molecule is CN(C)c1ccc(C(=C2SSC(=C(c3ccc(N(C)C)cc3)c3ccc(N(C)C)cc3)C(=C(c3ccc(N(C)C)cc3)c3ccc(N(C)C)cc3)S2)c2ccc(N(C)C)cc2)cc1. The molecule has 1 heterocycles. The third kappa shape index (κ3) is 10.3. The molecule has 6 nitrogen and oxygen atoms in total. The third-order valence-corrected chi connectivity index (χ3v) is 15.5. The van der Waals surface area contributed by atoms with Gasteiger partial charge in [0.1, 0.15) is 0 Å². The molecule has 0 spiro atoms. The maximum absolute atomic E-state index is 2.30. The van der Waals surface area contributed by atoms with Gasteiger partial charge in [-0.3, -0.25) is 0 Å². The van der Waals surface area contributed by atoms with Crippen molar-refractivity contribution in [1.29, 1.82) is 0 Å². The second-order valence-corrected chi connectivity index (χ2v) is 20.4. The summed E-state index contributed by atoms with van der Waals surface area (Å²) in [5.41, 5.74) is 17.7. The smallest absolute Gasteiger partial charge is 0.0647 e. The molecular formula is C54H60N6S3. The fraction of sp³-hybridized carbons (Fsp3) is 0.222. The number of hydrogen-bond donors (Lipinski definition) is 0. The Kier molecular flexibility index (Phi) is 14.3. The van der Waals surface area contributed by atoms with Gasteiger partial charge in [0.25, 0.3) is 0 Å². The summed E-state index contributed by atoms with van der Waals surface area (Å²) in [6.45, 7) is 0. The van der Waals surface area contributed by atoms with Gasteiger partial charge in [0, 0.05) is 145 Å². The van der Waals surface area contributed by atoms with Crippen LogP contribution in [0.25, 0.3) is 16.7 Å². The molecule has 6 aromatic rings. The van der Waals surface area contributed by atoms with Crippen molar-refractivity contribution in [3.63, 3.8) is 0 Å². The van der Waals surface area contributed by atoms with Crippen molar-refractivity contribution in [3.8, 4) is 0 Å². The summed E-state index contributed by atoms with van der Waals surface area (Å²) in [6, 6.07) is 54.3. The average Bonchev–Trinajstić information content (AvgIpc) is 3.28. The van der Waals surface area contributed by atoms with E-state index in [0.717, 1.165) is 11.4 Å². The highest BCUT2D eigenvalue weighted by Crippen LogP contribution is 2.62. The minimum atomic E-state index is 1.16. The highest BCUT2D eigenvalue weighted by Gasteiger charge is 2.31. The Labute approximate surface area is 389 Å². The topological polar surface area (TPSA) is 19.4 Å². The molecule has 0 saturated carbocycles. The van der Waals surface area contributed by atoms with Gasteiger partial charge in [0.05, 0.1) is 4.24 Å². The minimum Gasteiger partial charge on any atom is -0.378 e. The standard InChI is InChI=1S/C54H60N6S3/c1-55(2)43-25-13-37(14-26-43)49(38-15-27-44(28-16-38)56(3)4)52-53(50(39-17-29-45(30-18-39)57(5)6)40-19-31-46(32-20-40)58(7)8)62-63-54(61-52)51(41-21-33-47(34-22-41)59(9)10)42-23-35-48(36-24-42)60(11)12/h13-36H,1-12H3. The first kappa shape index (κ1) is 45.4. The fourth-order valence-corrected chi connectivity index (χ4v) is 12.2. The van der Waals surface area contributed by atoms with Crippen LogP contribution in [0.15, 0.2) is 160 Å². The molecule has 0 unspecified atom stereocenters. The maximum Gasteiger partial charge on any atom is 0.0647 e. The van der Waals surface area contributed by atoms with Gasteiger partial charge >= 0.3 is 0 Å². The van der Waals surface area contributed by atoms with E-state index in [2.05, 4.69) is 260 Å². The molecular weight excluding hydrogens is 829 g/mol. The molecule has 1 aliphatic rings. The van der Waals surface area contributed by atoms with E-state index in [1.807, 2.05) is 33.3 Å². The number of rotatable bonds is 12. The van der Waals surface area contributed by atoms with Crippen LogP contribution in [0.5, 0.6) is 0 Å². The normalized spacial score (nSPS) is 12.5. The number of hydrogen-bond acceptors (Lipinski definition) is 9. The molecule has 7 rings (SSSR count). The fourth-order valence-electron chi connectivity index (χ4n) is 7.50.